The summed E-state index contributed by atoms with van der Waals surface area (Å²) in [7, 11) is 3.04. The number of aryl methyl sites for hydroxylation is 2. The molecule has 1 N–H and O–H groups in total. The molecule has 0 saturated carbocycles. The quantitative estimate of drug-likeness (QED) is 0.549. The number of methoxy groups -OCH3 is 2. The molecule has 6 nitrogen and oxygen atoms in total. The van der Waals surface area contributed by atoms with Crippen LogP contribution in [0.5, 0.6) is 11.5 Å². The van der Waals surface area contributed by atoms with Crippen molar-refractivity contribution in [1.82, 2.24) is 0 Å². The highest BCUT2D eigenvalue weighted by molar-refractivity contribution is 8.00. The number of amides is 1. The fourth-order valence-electron chi connectivity index (χ4n) is 2.37. The molecule has 0 spiro atoms. The summed E-state index contributed by atoms with van der Waals surface area (Å²) in [5.74, 6) is 0.322. The monoisotopic (exact) mass is 389 g/mol. The van der Waals surface area contributed by atoms with Gasteiger partial charge in [0.2, 0.25) is 0 Å². The van der Waals surface area contributed by atoms with E-state index in [1.165, 1.54) is 24.4 Å². The van der Waals surface area contributed by atoms with Crippen molar-refractivity contribution in [2.45, 2.75) is 18.7 Å². The van der Waals surface area contributed by atoms with Gasteiger partial charge < -0.3 is 19.5 Å². The summed E-state index contributed by atoms with van der Waals surface area (Å²) in [5, 5.41) is 2.65. The first-order chi connectivity index (χ1) is 12.9. The SMILES string of the molecule is COc1ccc(NC(=O)COC(=O)CSc2ccc(C)cc2C)c(OC)c1. The number of hydrogen-bond donors (Lipinski definition) is 1. The molecule has 1 amide bonds. The van der Waals surface area contributed by atoms with E-state index in [4.69, 9.17) is 14.2 Å². The minimum atomic E-state index is -0.447. The van der Waals surface area contributed by atoms with Gasteiger partial charge >= 0.3 is 5.97 Å². The maximum Gasteiger partial charge on any atom is 0.316 e. The number of nitrogens with one attached hydrogen (secondary N) is 1. The first-order valence-electron chi connectivity index (χ1n) is 8.30. The Morgan fingerprint density at radius 3 is 2.48 bits per heavy atom. The van der Waals surface area contributed by atoms with Gasteiger partial charge in [0.1, 0.15) is 11.5 Å². The van der Waals surface area contributed by atoms with Gasteiger partial charge in [-0.3, -0.25) is 9.59 Å². The first-order valence-corrected chi connectivity index (χ1v) is 9.29. The van der Waals surface area contributed by atoms with E-state index in [2.05, 4.69) is 11.4 Å². The molecule has 7 heteroatoms. The van der Waals surface area contributed by atoms with E-state index >= 15 is 0 Å². The van der Waals surface area contributed by atoms with Crippen molar-refractivity contribution in [3.05, 3.63) is 47.5 Å². The lowest BCUT2D eigenvalue weighted by Gasteiger charge is -2.12. The second-order valence-electron chi connectivity index (χ2n) is 5.83. The van der Waals surface area contributed by atoms with Crippen LogP contribution in [-0.4, -0.2) is 38.5 Å². The van der Waals surface area contributed by atoms with E-state index in [1.54, 1.807) is 25.3 Å². The number of ether oxygens (including phenoxy) is 3. The number of esters is 1. The standard InChI is InChI=1S/C20H23NO5S/c1-13-5-8-18(14(2)9-13)27-12-20(23)26-11-19(22)21-16-7-6-15(24-3)10-17(16)25-4/h5-10H,11-12H2,1-4H3,(H,21,22). The van der Waals surface area contributed by atoms with Crippen LogP contribution in [0.1, 0.15) is 11.1 Å². The molecule has 0 bridgehead atoms. The second-order valence-corrected chi connectivity index (χ2v) is 6.85. The van der Waals surface area contributed by atoms with Crippen molar-refractivity contribution < 1.29 is 23.8 Å². The van der Waals surface area contributed by atoms with E-state index in [0.717, 1.165) is 10.5 Å². The summed E-state index contributed by atoms with van der Waals surface area (Å²) in [4.78, 5) is 24.9. The highest BCUT2D eigenvalue weighted by Crippen LogP contribution is 2.29. The number of thioether (sulfide) groups is 1. The summed E-state index contributed by atoms with van der Waals surface area (Å²) >= 11 is 1.39. The lowest BCUT2D eigenvalue weighted by atomic mass is 10.2. The zero-order valence-electron chi connectivity index (χ0n) is 15.8. The zero-order valence-corrected chi connectivity index (χ0v) is 16.6. The van der Waals surface area contributed by atoms with E-state index in [1.807, 2.05) is 26.0 Å². The zero-order chi connectivity index (χ0) is 19.8. The Labute approximate surface area is 163 Å². The highest BCUT2D eigenvalue weighted by atomic mass is 32.2. The van der Waals surface area contributed by atoms with Crippen LogP contribution in [0.3, 0.4) is 0 Å². The van der Waals surface area contributed by atoms with Gasteiger partial charge in [-0.25, -0.2) is 0 Å². The summed E-state index contributed by atoms with van der Waals surface area (Å²) in [6, 6.07) is 11.0. The normalized spacial score (nSPS) is 10.2. The average molecular weight is 389 g/mol. The molecule has 0 atom stereocenters. The van der Waals surface area contributed by atoms with E-state index in [-0.39, 0.29) is 12.4 Å². The molecule has 2 rings (SSSR count). The molecule has 0 unspecified atom stereocenters. The number of carbonyl (C=O) groups excluding carboxylic acids is 2. The van der Waals surface area contributed by atoms with Gasteiger partial charge in [0.15, 0.2) is 6.61 Å². The van der Waals surface area contributed by atoms with Gasteiger partial charge in [-0.1, -0.05) is 17.7 Å². The van der Waals surface area contributed by atoms with Gasteiger partial charge in [-0.15, -0.1) is 11.8 Å². The molecule has 0 aliphatic heterocycles. The van der Waals surface area contributed by atoms with E-state index < -0.39 is 11.9 Å². The van der Waals surface area contributed by atoms with Crippen LogP contribution in [-0.2, 0) is 14.3 Å². The number of anilines is 1. The Balaban J connectivity index is 1.82. The lowest BCUT2D eigenvalue weighted by Crippen LogP contribution is -2.22. The third-order valence-electron chi connectivity index (χ3n) is 3.72. The molecule has 0 aromatic heterocycles. The Bertz CT molecular complexity index is 822. The summed E-state index contributed by atoms with van der Waals surface area (Å²) in [6.45, 7) is 3.66. The van der Waals surface area contributed by atoms with Gasteiger partial charge in [0.05, 0.1) is 25.7 Å². The smallest absolute Gasteiger partial charge is 0.316 e. The largest absolute Gasteiger partial charge is 0.497 e. The van der Waals surface area contributed by atoms with Crippen molar-refractivity contribution in [3.63, 3.8) is 0 Å². The molecule has 27 heavy (non-hydrogen) atoms. The van der Waals surface area contributed by atoms with Crippen LogP contribution in [0.4, 0.5) is 5.69 Å². The van der Waals surface area contributed by atoms with Gasteiger partial charge in [0.25, 0.3) is 5.91 Å². The minimum absolute atomic E-state index is 0.142. The molecular formula is C20H23NO5S. The third-order valence-corrected chi connectivity index (χ3v) is 4.87. The third kappa shape index (κ3) is 6.21. The molecule has 0 heterocycles. The van der Waals surface area contributed by atoms with Crippen LogP contribution >= 0.6 is 11.8 Å². The van der Waals surface area contributed by atoms with Crippen molar-refractivity contribution >= 4 is 29.3 Å². The van der Waals surface area contributed by atoms with Crippen molar-refractivity contribution in [1.29, 1.82) is 0 Å². The molecule has 0 saturated heterocycles. The fraction of sp³-hybridized carbons (Fsp3) is 0.300. The van der Waals surface area contributed by atoms with Crippen LogP contribution in [0, 0.1) is 13.8 Å². The molecule has 144 valence electrons. The Morgan fingerprint density at radius 2 is 1.81 bits per heavy atom. The number of hydrogen-bond acceptors (Lipinski definition) is 6. The summed E-state index contributed by atoms with van der Waals surface area (Å²) in [6.07, 6.45) is 0. The molecule has 0 fully saturated rings. The topological polar surface area (TPSA) is 73.9 Å². The number of benzene rings is 2. The second kappa shape index (κ2) is 9.87. The molecule has 2 aromatic rings. The predicted octanol–water partition coefficient (Wildman–Crippen LogP) is 3.59. The summed E-state index contributed by atoms with van der Waals surface area (Å²) < 4.78 is 15.4. The Morgan fingerprint density at radius 1 is 1.04 bits per heavy atom. The highest BCUT2D eigenvalue weighted by Gasteiger charge is 2.12. The van der Waals surface area contributed by atoms with Gasteiger partial charge in [-0.05, 0) is 37.6 Å². The minimum Gasteiger partial charge on any atom is -0.497 e. The number of rotatable bonds is 8. The average Bonchev–Trinajstić information content (AvgIpc) is 2.66. The maximum absolute atomic E-state index is 12.0. The number of carbonyl (C=O) groups is 2. The van der Waals surface area contributed by atoms with Gasteiger partial charge in [-0.2, -0.15) is 0 Å². The first kappa shape index (κ1) is 20.6. The molecule has 2 aromatic carbocycles. The van der Waals surface area contributed by atoms with Crippen molar-refractivity contribution in [2.24, 2.45) is 0 Å². The molecule has 0 aliphatic carbocycles. The van der Waals surface area contributed by atoms with Crippen LogP contribution in [0.2, 0.25) is 0 Å². The Kier molecular flexibility index (Phi) is 7.55. The lowest BCUT2D eigenvalue weighted by molar-refractivity contribution is -0.144. The van der Waals surface area contributed by atoms with Crippen LogP contribution in [0.25, 0.3) is 0 Å². The van der Waals surface area contributed by atoms with Crippen molar-refractivity contribution in [3.8, 4) is 11.5 Å². The molecular weight excluding hydrogens is 366 g/mol. The van der Waals surface area contributed by atoms with Crippen molar-refractivity contribution in [2.75, 3.05) is 31.9 Å². The van der Waals surface area contributed by atoms with Gasteiger partial charge in [0, 0.05) is 11.0 Å². The van der Waals surface area contributed by atoms with E-state index in [9.17, 15) is 9.59 Å². The molecule has 0 aliphatic rings. The predicted molar refractivity (Wildman–Crippen MR) is 106 cm³/mol. The van der Waals surface area contributed by atoms with Crippen LogP contribution < -0.4 is 14.8 Å². The fourth-order valence-corrected chi connectivity index (χ4v) is 3.18. The van der Waals surface area contributed by atoms with Crippen LogP contribution in [0.15, 0.2) is 41.3 Å². The maximum atomic E-state index is 12.0. The molecule has 0 radical (unpaired) electrons. The summed E-state index contributed by atoms with van der Waals surface area (Å²) in [5.41, 5.74) is 2.76. The Hall–Kier alpha value is -2.67. The van der Waals surface area contributed by atoms with E-state index in [0.29, 0.717) is 17.2 Å².